The van der Waals surface area contributed by atoms with Gasteiger partial charge in [0, 0.05) is 17.2 Å². The Labute approximate surface area is 121 Å². The van der Waals surface area contributed by atoms with Crippen molar-refractivity contribution in [2.45, 2.75) is 18.9 Å². The third kappa shape index (κ3) is 3.08. The lowest BCUT2D eigenvalue weighted by molar-refractivity contribution is 0.0690. The number of carboxylic acid groups (broad SMARTS) is 1. The number of hydrogen-bond donors (Lipinski definition) is 2. The van der Waals surface area contributed by atoms with E-state index in [9.17, 15) is 9.59 Å². The van der Waals surface area contributed by atoms with Crippen LogP contribution in [-0.2, 0) is 0 Å². The van der Waals surface area contributed by atoms with Crippen molar-refractivity contribution in [2.75, 3.05) is 0 Å². The van der Waals surface area contributed by atoms with Gasteiger partial charge in [0.1, 0.15) is 5.69 Å². The van der Waals surface area contributed by atoms with Crippen LogP contribution in [-0.4, -0.2) is 28.0 Å². The molecule has 0 aliphatic heterocycles. The Balaban J connectivity index is 1.89. The van der Waals surface area contributed by atoms with Gasteiger partial charge in [-0.05, 0) is 37.1 Å². The van der Waals surface area contributed by atoms with E-state index in [0.717, 1.165) is 18.4 Å². The van der Waals surface area contributed by atoms with Crippen molar-refractivity contribution in [1.29, 1.82) is 0 Å². The first kappa shape index (κ1) is 13.3. The second-order valence-electron chi connectivity index (χ2n) is 5.04. The van der Waals surface area contributed by atoms with Crippen molar-refractivity contribution >= 4 is 11.9 Å². The Bertz CT molecular complexity index is 708. The van der Waals surface area contributed by atoms with Gasteiger partial charge < -0.3 is 10.4 Å². The smallest absolute Gasteiger partial charge is 0.354 e. The van der Waals surface area contributed by atoms with E-state index in [-0.39, 0.29) is 11.6 Å². The molecule has 3 rings (SSSR count). The summed E-state index contributed by atoms with van der Waals surface area (Å²) in [5, 5.41) is 11.9. The van der Waals surface area contributed by atoms with E-state index >= 15 is 0 Å². The molecule has 2 aromatic rings. The van der Waals surface area contributed by atoms with Crippen LogP contribution in [0.2, 0.25) is 0 Å². The monoisotopic (exact) mass is 282 g/mol. The van der Waals surface area contributed by atoms with Gasteiger partial charge >= 0.3 is 5.97 Å². The number of rotatable bonds is 4. The zero-order valence-corrected chi connectivity index (χ0v) is 11.2. The van der Waals surface area contributed by atoms with Crippen LogP contribution in [0.15, 0.2) is 42.5 Å². The van der Waals surface area contributed by atoms with E-state index in [1.165, 1.54) is 6.07 Å². The molecule has 0 unspecified atom stereocenters. The average molecular weight is 282 g/mol. The molecule has 1 aromatic carbocycles. The maximum absolute atomic E-state index is 12.0. The minimum absolute atomic E-state index is 0.0136. The number of carbonyl (C=O) groups excluding carboxylic acids is 1. The summed E-state index contributed by atoms with van der Waals surface area (Å²) in [7, 11) is 0. The van der Waals surface area contributed by atoms with Crippen LogP contribution in [0, 0.1) is 0 Å². The topological polar surface area (TPSA) is 79.3 Å². The van der Waals surface area contributed by atoms with Gasteiger partial charge in [0.15, 0.2) is 0 Å². The summed E-state index contributed by atoms with van der Waals surface area (Å²) in [6.07, 6.45) is 2.07. The predicted octanol–water partition coefficient (Wildman–Crippen LogP) is 2.34. The van der Waals surface area contributed by atoms with Gasteiger partial charge in [-0.25, -0.2) is 9.78 Å². The zero-order valence-electron chi connectivity index (χ0n) is 11.2. The van der Waals surface area contributed by atoms with Gasteiger partial charge in [-0.1, -0.05) is 18.2 Å². The molecular weight excluding hydrogens is 268 g/mol. The summed E-state index contributed by atoms with van der Waals surface area (Å²) in [6.45, 7) is 0. The van der Waals surface area contributed by atoms with E-state index in [2.05, 4.69) is 10.3 Å². The van der Waals surface area contributed by atoms with Crippen molar-refractivity contribution in [1.82, 2.24) is 10.3 Å². The molecular formula is C16H14N2O3. The Kier molecular flexibility index (Phi) is 3.39. The summed E-state index contributed by atoms with van der Waals surface area (Å²) < 4.78 is 0. The zero-order chi connectivity index (χ0) is 14.8. The first-order chi connectivity index (χ1) is 10.1. The second kappa shape index (κ2) is 5.36. The average Bonchev–Trinajstić information content (AvgIpc) is 3.31. The molecule has 1 saturated carbocycles. The van der Waals surface area contributed by atoms with E-state index in [0.29, 0.717) is 17.3 Å². The lowest BCUT2D eigenvalue weighted by atomic mass is 10.1. The van der Waals surface area contributed by atoms with Crippen LogP contribution in [0.5, 0.6) is 0 Å². The number of aromatic nitrogens is 1. The van der Waals surface area contributed by atoms with Gasteiger partial charge in [-0.15, -0.1) is 0 Å². The Morgan fingerprint density at radius 1 is 1.14 bits per heavy atom. The minimum Gasteiger partial charge on any atom is -0.477 e. The third-order valence-electron chi connectivity index (χ3n) is 3.30. The maximum atomic E-state index is 12.0. The highest BCUT2D eigenvalue weighted by Crippen LogP contribution is 2.21. The van der Waals surface area contributed by atoms with Gasteiger partial charge in [0.05, 0.1) is 5.69 Å². The SMILES string of the molecule is O=C(NC1CC1)c1cccc(-c2cccc(C(=O)O)n2)c1. The largest absolute Gasteiger partial charge is 0.477 e. The number of carbonyl (C=O) groups is 2. The number of pyridine rings is 1. The molecule has 2 N–H and O–H groups in total. The fourth-order valence-corrected chi connectivity index (χ4v) is 2.03. The molecule has 106 valence electrons. The molecule has 1 heterocycles. The van der Waals surface area contributed by atoms with Crippen molar-refractivity contribution in [2.24, 2.45) is 0 Å². The molecule has 5 nitrogen and oxygen atoms in total. The molecule has 0 saturated heterocycles. The van der Waals surface area contributed by atoms with Crippen LogP contribution in [0.4, 0.5) is 0 Å². The van der Waals surface area contributed by atoms with Gasteiger partial charge in [-0.3, -0.25) is 4.79 Å². The molecule has 0 atom stereocenters. The molecule has 1 fully saturated rings. The minimum atomic E-state index is -1.07. The number of nitrogens with one attached hydrogen (secondary N) is 1. The summed E-state index contributed by atoms with van der Waals surface area (Å²) in [6, 6.07) is 12.2. The standard InChI is InChI=1S/C16H14N2O3/c19-15(17-12-7-8-12)11-4-1-3-10(9-11)13-5-2-6-14(18-13)16(20)21/h1-6,9,12H,7-8H2,(H,17,19)(H,20,21). The summed E-state index contributed by atoms with van der Waals surface area (Å²) in [4.78, 5) is 27.1. The molecule has 0 bridgehead atoms. The molecule has 0 spiro atoms. The number of aromatic carboxylic acids is 1. The van der Waals surface area contributed by atoms with E-state index < -0.39 is 5.97 Å². The number of benzene rings is 1. The van der Waals surface area contributed by atoms with E-state index in [4.69, 9.17) is 5.11 Å². The number of amides is 1. The normalized spacial score (nSPS) is 13.7. The second-order valence-corrected chi connectivity index (χ2v) is 5.04. The van der Waals surface area contributed by atoms with Gasteiger partial charge in [0.2, 0.25) is 0 Å². The van der Waals surface area contributed by atoms with E-state index in [1.54, 1.807) is 30.3 Å². The fourth-order valence-electron chi connectivity index (χ4n) is 2.03. The molecule has 1 aromatic heterocycles. The predicted molar refractivity (Wildman–Crippen MR) is 77.1 cm³/mol. The van der Waals surface area contributed by atoms with Crippen LogP contribution in [0.3, 0.4) is 0 Å². The molecule has 5 heteroatoms. The molecule has 1 aliphatic rings. The first-order valence-electron chi connectivity index (χ1n) is 6.75. The summed E-state index contributed by atoms with van der Waals surface area (Å²) in [5.41, 5.74) is 1.81. The lowest BCUT2D eigenvalue weighted by Gasteiger charge is -2.06. The first-order valence-corrected chi connectivity index (χ1v) is 6.75. The number of hydrogen-bond acceptors (Lipinski definition) is 3. The van der Waals surface area contributed by atoms with Crippen molar-refractivity contribution in [3.63, 3.8) is 0 Å². The molecule has 0 radical (unpaired) electrons. The highest BCUT2D eigenvalue weighted by molar-refractivity contribution is 5.95. The third-order valence-corrected chi connectivity index (χ3v) is 3.30. The van der Waals surface area contributed by atoms with Crippen molar-refractivity contribution in [3.05, 3.63) is 53.7 Å². The lowest BCUT2D eigenvalue weighted by Crippen LogP contribution is -2.25. The fraction of sp³-hybridized carbons (Fsp3) is 0.188. The number of nitrogens with zero attached hydrogens (tertiary/aromatic N) is 1. The molecule has 1 aliphatic carbocycles. The maximum Gasteiger partial charge on any atom is 0.354 e. The van der Waals surface area contributed by atoms with Gasteiger partial charge in [0.25, 0.3) is 5.91 Å². The van der Waals surface area contributed by atoms with Crippen LogP contribution in [0.25, 0.3) is 11.3 Å². The highest BCUT2D eigenvalue weighted by Gasteiger charge is 2.23. The Morgan fingerprint density at radius 3 is 2.62 bits per heavy atom. The summed E-state index contributed by atoms with van der Waals surface area (Å²) >= 11 is 0. The van der Waals surface area contributed by atoms with Crippen molar-refractivity contribution in [3.8, 4) is 11.3 Å². The summed E-state index contributed by atoms with van der Waals surface area (Å²) in [5.74, 6) is -1.17. The van der Waals surface area contributed by atoms with E-state index in [1.807, 2.05) is 6.07 Å². The van der Waals surface area contributed by atoms with Crippen LogP contribution < -0.4 is 5.32 Å². The quantitative estimate of drug-likeness (QED) is 0.902. The highest BCUT2D eigenvalue weighted by atomic mass is 16.4. The van der Waals surface area contributed by atoms with Crippen LogP contribution in [0.1, 0.15) is 33.7 Å². The molecule has 1 amide bonds. The van der Waals surface area contributed by atoms with Gasteiger partial charge in [-0.2, -0.15) is 0 Å². The van der Waals surface area contributed by atoms with Crippen LogP contribution >= 0.6 is 0 Å². The Hall–Kier alpha value is -2.69. The molecule has 21 heavy (non-hydrogen) atoms. The van der Waals surface area contributed by atoms with Crippen molar-refractivity contribution < 1.29 is 14.7 Å². The number of carboxylic acids is 1. The Morgan fingerprint density at radius 2 is 1.90 bits per heavy atom.